The van der Waals surface area contributed by atoms with Crippen molar-refractivity contribution in [2.24, 2.45) is 0 Å². The van der Waals surface area contributed by atoms with Crippen LogP contribution in [0.5, 0.6) is 5.75 Å². The van der Waals surface area contributed by atoms with Crippen LogP contribution in [-0.2, 0) is 10.2 Å². The van der Waals surface area contributed by atoms with Gasteiger partial charge in [0.1, 0.15) is 5.41 Å². The fourth-order valence-corrected chi connectivity index (χ4v) is 1.57. The van der Waals surface area contributed by atoms with Crippen LogP contribution in [0.25, 0.3) is 0 Å². The Morgan fingerprint density at radius 3 is 2.67 bits per heavy atom. The minimum absolute atomic E-state index is 0.0534. The fraction of sp³-hybridized carbons (Fsp3) is 0.308. The molecule has 0 aliphatic carbocycles. The maximum Gasteiger partial charge on any atom is 0.317 e. The lowest BCUT2D eigenvalue weighted by molar-refractivity contribution is -0.141. The number of benzene rings is 1. The summed E-state index contributed by atoms with van der Waals surface area (Å²) in [6.07, 6.45) is 2.65. The van der Waals surface area contributed by atoms with Gasteiger partial charge >= 0.3 is 5.97 Å². The molecule has 1 atom stereocenters. The predicted molar refractivity (Wildman–Crippen MR) is 64.2 cm³/mol. The molecule has 0 aliphatic heterocycles. The molecule has 0 fully saturated rings. The molecule has 4 nitrogen and oxygen atoms in total. The first-order valence-electron chi connectivity index (χ1n) is 5.31. The first kappa shape index (κ1) is 14.2. The van der Waals surface area contributed by atoms with Crippen LogP contribution >= 0.6 is 0 Å². The van der Waals surface area contributed by atoms with E-state index < -0.39 is 17.2 Å². The Balaban J connectivity index is 3.26. The molecule has 0 saturated carbocycles. The fourth-order valence-electron chi connectivity index (χ4n) is 1.57. The molecule has 0 bridgehead atoms. The van der Waals surface area contributed by atoms with Crippen LogP contribution in [0, 0.1) is 5.82 Å². The number of rotatable bonds is 5. The third-order valence-electron chi connectivity index (χ3n) is 2.75. The lowest BCUT2D eigenvalue weighted by atomic mass is 9.82. The van der Waals surface area contributed by atoms with E-state index in [1.807, 2.05) is 0 Å². The molecular weight excluding hydrogens is 239 g/mol. The molecular formula is C13H15FO4. The summed E-state index contributed by atoms with van der Waals surface area (Å²) in [7, 11) is 1.33. The van der Waals surface area contributed by atoms with Gasteiger partial charge in [-0.25, -0.2) is 4.39 Å². The molecule has 0 radical (unpaired) electrons. The van der Waals surface area contributed by atoms with Crippen LogP contribution in [0.1, 0.15) is 12.5 Å². The van der Waals surface area contributed by atoms with E-state index in [2.05, 4.69) is 0 Å². The number of hydrogen-bond acceptors (Lipinski definition) is 3. The first-order valence-corrected chi connectivity index (χ1v) is 5.31. The zero-order valence-corrected chi connectivity index (χ0v) is 10.2. The highest BCUT2D eigenvalue weighted by Gasteiger charge is 2.33. The normalized spacial score (nSPS) is 14.4. The average Bonchev–Trinajstić information content (AvgIpc) is 2.35. The average molecular weight is 254 g/mol. The van der Waals surface area contributed by atoms with Crippen LogP contribution in [-0.4, -0.2) is 29.9 Å². The Kier molecular flexibility index (Phi) is 4.44. The molecule has 1 aromatic carbocycles. The molecule has 5 heteroatoms. The number of carbonyl (C=O) groups is 1. The molecule has 0 heterocycles. The number of carboxylic acid groups (broad SMARTS) is 1. The van der Waals surface area contributed by atoms with Gasteiger partial charge in [-0.1, -0.05) is 18.2 Å². The molecule has 1 unspecified atom stereocenters. The molecule has 0 saturated heterocycles. The van der Waals surface area contributed by atoms with E-state index in [1.165, 1.54) is 38.3 Å². The summed E-state index contributed by atoms with van der Waals surface area (Å²) in [6, 6.07) is 3.98. The molecule has 0 amide bonds. The van der Waals surface area contributed by atoms with Crippen molar-refractivity contribution in [2.75, 3.05) is 13.7 Å². The molecule has 0 aliphatic rings. The minimum Gasteiger partial charge on any atom is -0.494 e. The van der Waals surface area contributed by atoms with Gasteiger partial charge in [0.2, 0.25) is 0 Å². The van der Waals surface area contributed by atoms with Gasteiger partial charge in [0.15, 0.2) is 11.6 Å². The van der Waals surface area contributed by atoms with Gasteiger partial charge in [0.25, 0.3) is 0 Å². The largest absolute Gasteiger partial charge is 0.494 e. The van der Waals surface area contributed by atoms with Crippen LogP contribution in [0.2, 0.25) is 0 Å². The Bertz CT molecular complexity index is 470. The molecule has 18 heavy (non-hydrogen) atoms. The predicted octanol–water partition coefficient (Wildman–Crippen LogP) is 1.73. The summed E-state index contributed by atoms with van der Waals surface area (Å²) in [6.45, 7) is 1.16. The minimum atomic E-state index is -1.39. The standard InChI is InChI=1S/C13H15FO4/c1-13(12(16)17,6-3-7-15)9-4-5-11(18-2)10(14)8-9/h3-6,8,15H,7H2,1-2H3,(H,16,17)/b6-3+. The Morgan fingerprint density at radius 2 is 2.22 bits per heavy atom. The second-order valence-corrected chi connectivity index (χ2v) is 3.94. The molecule has 0 aromatic heterocycles. The zero-order valence-electron chi connectivity index (χ0n) is 10.2. The maximum absolute atomic E-state index is 13.6. The van der Waals surface area contributed by atoms with Crippen molar-refractivity contribution in [1.29, 1.82) is 0 Å². The van der Waals surface area contributed by atoms with Gasteiger partial charge in [-0.05, 0) is 24.6 Å². The number of aliphatic hydroxyl groups excluding tert-OH is 1. The molecule has 1 aromatic rings. The number of methoxy groups -OCH3 is 1. The number of halogens is 1. The molecule has 1 rings (SSSR count). The highest BCUT2D eigenvalue weighted by atomic mass is 19.1. The van der Waals surface area contributed by atoms with E-state index in [1.54, 1.807) is 0 Å². The van der Waals surface area contributed by atoms with Crippen molar-refractivity contribution in [2.45, 2.75) is 12.3 Å². The topological polar surface area (TPSA) is 66.8 Å². The summed E-state index contributed by atoms with van der Waals surface area (Å²) in [5.74, 6) is -1.70. The number of hydrogen-bond donors (Lipinski definition) is 2. The summed E-state index contributed by atoms with van der Waals surface area (Å²) in [4.78, 5) is 11.3. The van der Waals surface area contributed by atoms with E-state index in [0.29, 0.717) is 0 Å². The van der Waals surface area contributed by atoms with Crippen LogP contribution in [0.3, 0.4) is 0 Å². The van der Waals surface area contributed by atoms with Crippen LogP contribution < -0.4 is 4.74 Å². The summed E-state index contributed by atoms with van der Waals surface area (Å²) >= 11 is 0. The maximum atomic E-state index is 13.6. The number of aliphatic hydroxyl groups is 1. The van der Waals surface area contributed by atoms with Crippen molar-refractivity contribution >= 4 is 5.97 Å². The van der Waals surface area contributed by atoms with Gasteiger partial charge in [0.05, 0.1) is 13.7 Å². The molecule has 98 valence electrons. The van der Waals surface area contributed by atoms with E-state index in [-0.39, 0.29) is 17.9 Å². The number of aliphatic carboxylic acids is 1. The number of carboxylic acids is 1. The molecule has 0 spiro atoms. The van der Waals surface area contributed by atoms with Crippen LogP contribution in [0.4, 0.5) is 4.39 Å². The first-order chi connectivity index (χ1) is 8.45. The zero-order chi connectivity index (χ0) is 13.8. The van der Waals surface area contributed by atoms with Gasteiger partial charge in [-0.15, -0.1) is 0 Å². The Labute approximate surface area is 104 Å². The summed E-state index contributed by atoms with van der Waals surface area (Å²) < 4.78 is 18.3. The Hall–Kier alpha value is -1.88. The number of ether oxygens (including phenoxy) is 1. The van der Waals surface area contributed by atoms with Crippen molar-refractivity contribution in [3.8, 4) is 5.75 Å². The summed E-state index contributed by atoms with van der Waals surface area (Å²) in [5.41, 5.74) is -1.12. The van der Waals surface area contributed by atoms with E-state index in [0.717, 1.165) is 6.07 Å². The Morgan fingerprint density at radius 1 is 1.56 bits per heavy atom. The third kappa shape index (κ3) is 2.68. The van der Waals surface area contributed by atoms with Crippen molar-refractivity contribution in [3.05, 3.63) is 41.7 Å². The van der Waals surface area contributed by atoms with Gasteiger partial charge in [0, 0.05) is 0 Å². The third-order valence-corrected chi connectivity index (χ3v) is 2.75. The SMILES string of the molecule is COc1ccc(C(C)(/C=C/CO)C(=O)O)cc1F. The van der Waals surface area contributed by atoms with Crippen molar-refractivity contribution < 1.29 is 24.1 Å². The lowest BCUT2D eigenvalue weighted by Gasteiger charge is -2.21. The quantitative estimate of drug-likeness (QED) is 0.785. The second kappa shape index (κ2) is 5.64. The van der Waals surface area contributed by atoms with Crippen molar-refractivity contribution in [1.82, 2.24) is 0 Å². The van der Waals surface area contributed by atoms with E-state index in [4.69, 9.17) is 9.84 Å². The highest BCUT2D eigenvalue weighted by Crippen LogP contribution is 2.29. The second-order valence-electron chi connectivity index (χ2n) is 3.94. The van der Waals surface area contributed by atoms with E-state index >= 15 is 0 Å². The highest BCUT2D eigenvalue weighted by molar-refractivity contribution is 5.83. The smallest absolute Gasteiger partial charge is 0.317 e. The van der Waals surface area contributed by atoms with E-state index in [9.17, 15) is 14.3 Å². The van der Waals surface area contributed by atoms with Gasteiger partial charge < -0.3 is 14.9 Å². The molecule has 2 N–H and O–H groups in total. The van der Waals surface area contributed by atoms with Crippen LogP contribution in [0.15, 0.2) is 30.4 Å². The summed E-state index contributed by atoms with van der Waals surface area (Å²) in [5, 5.41) is 18.0. The van der Waals surface area contributed by atoms with Crippen molar-refractivity contribution in [3.63, 3.8) is 0 Å². The lowest BCUT2D eigenvalue weighted by Crippen LogP contribution is -2.30. The monoisotopic (exact) mass is 254 g/mol. The van der Waals surface area contributed by atoms with Gasteiger partial charge in [-0.3, -0.25) is 4.79 Å². The van der Waals surface area contributed by atoms with Gasteiger partial charge in [-0.2, -0.15) is 0 Å².